The van der Waals surface area contributed by atoms with E-state index < -0.39 is 41.4 Å². The number of carbonyl (C=O) groups is 4. The molecular formula is C38H39N5O6S. The molecule has 0 saturated heterocycles. The Morgan fingerprint density at radius 1 is 0.920 bits per heavy atom. The van der Waals surface area contributed by atoms with E-state index in [1.807, 2.05) is 30.7 Å². The van der Waals surface area contributed by atoms with E-state index in [0.717, 1.165) is 0 Å². The third kappa shape index (κ3) is 6.71. The topological polar surface area (TPSA) is 123 Å². The van der Waals surface area contributed by atoms with Crippen LogP contribution in [0.4, 0.5) is 21.9 Å². The molecule has 0 saturated carbocycles. The third-order valence-electron chi connectivity index (χ3n) is 8.20. The van der Waals surface area contributed by atoms with Crippen molar-refractivity contribution in [1.82, 2.24) is 15.1 Å². The Balaban J connectivity index is 1.55. The number of benzene rings is 3. The Hall–Kier alpha value is -5.49. The normalized spacial score (nSPS) is 15.5. The van der Waals surface area contributed by atoms with E-state index in [2.05, 4.69) is 10.4 Å². The molecule has 0 spiro atoms. The lowest BCUT2D eigenvalue weighted by atomic mass is 9.95. The van der Waals surface area contributed by atoms with Crippen LogP contribution < -0.4 is 19.9 Å². The van der Waals surface area contributed by atoms with E-state index in [-0.39, 0.29) is 12.5 Å². The molecule has 1 aliphatic rings. The van der Waals surface area contributed by atoms with Crippen LogP contribution in [-0.2, 0) is 25.5 Å². The molecule has 2 aromatic heterocycles. The van der Waals surface area contributed by atoms with Crippen LogP contribution in [0, 0.1) is 5.92 Å². The summed E-state index contributed by atoms with van der Waals surface area (Å²) in [6.45, 7) is 8.98. The van der Waals surface area contributed by atoms with Gasteiger partial charge in [0.1, 0.15) is 23.3 Å². The highest BCUT2D eigenvalue weighted by molar-refractivity contribution is 7.08. The Kier molecular flexibility index (Phi) is 9.48. The number of hydrogen-bond donors (Lipinski definition) is 1. The quantitative estimate of drug-likeness (QED) is 0.173. The van der Waals surface area contributed by atoms with Crippen LogP contribution in [0.25, 0.3) is 10.9 Å². The molecule has 1 aliphatic heterocycles. The van der Waals surface area contributed by atoms with E-state index in [1.54, 1.807) is 101 Å². The van der Waals surface area contributed by atoms with Gasteiger partial charge in [0.25, 0.3) is 0 Å². The van der Waals surface area contributed by atoms with Gasteiger partial charge in [-0.25, -0.2) is 4.79 Å². The number of hydrogen-bond acceptors (Lipinski definition) is 8. The van der Waals surface area contributed by atoms with Crippen LogP contribution in [0.15, 0.2) is 89.6 Å². The predicted molar refractivity (Wildman–Crippen MR) is 193 cm³/mol. The van der Waals surface area contributed by atoms with Gasteiger partial charge in [0.2, 0.25) is 17.7 Å². The summed E-state index contributed by atoms with van der Waals surface area (Å²) in [5.41, 5.74) is 2.02. The minimum atomic E-state index is -1.33. The third-order valence-corrected chi connectivity index (χ3v) is 8.87. The van der Waals surface area contributed by atoms with Crippen LogP contribution in [0.2, 0.25) is 0 Å². The predicted octanol–water partition coefficient (Wildman–Crippen LogP) is 7.03. The van der Waals surface area contributed by atoms with E-state index >= 15 is 4.79 Å². The van der Waals surface area contributed by atoms with Gasteiger partial charge in [0.15, 0.2) is 0 Å². The highest BCUT2D eigenvalue weighted by Gasteiger charge is 2.46. The molecule has 2 unspecified atom stereocenters. The van der Waals surface area contributed by atoms with Gasteiger partial charge in [0, 0.05) is 23.2 Å². The minimum absolute atomic E-state index is 0.153. The SMILES string of the molecule is COc1ccc(C(C(=O)NC(C)C)N2C(=O)C(Cc3nn(C(=O)OC(C)(C)C)c4ccccc34)C(=O)N(c3ccsc3)c3ccccc32)cc1. The molecule has 12 heteroatoms. The van der Waals surface area contributed by atoms with Gasteiger partial charge in [-0.1, -0.05) is 42.5 Å². The second kappa shape index (κ2) is 13.8. The van der Waals surface area contributed by atoms with Crippen LogP contribution in [0.3, 0.4) is 0 Å². The largest absolute Gasteiger partial charge is 0.497 e. The number of nitrogens with one attached hydrogen (secondary N) is 1. The van der Waals surface area contributed by atoms with E-state index in [9.17, 15) is 14.4 Å². The maximum absolute atomic E-state index is 15.2. The molecule has 2 atom stereocenters. The van der Waals surface area contributed by atoms with Crippen LogP contribution in [0.1, 0.15) is 51.9 Å². The van der Waals surface area contributed by atoms with Gasteiger partial charge in [-0.15, -0.1) is 0 Å². The van der Waals surface area contributed by atoms with Crippen molar-refractivity contribution in [2.45, 2.75) is 58.7 Å². The zero-order chi connectivity index (χ0) is 35.7. The number of nitrogens with zero attached hydrogens (tertiary/aromatic N) is 4. The average molecular weight is 694 g/mol. The Bertz CT molecular complexity index is 2050. The van der Waals surface area contributed by atoms with Crippen molar-refractivity contribution in [2.75, 3.05) is 16.9 Å². The number of aromatic nitrogens is 2. The van der Waals surface area contributed by atoms with Gasteiger partial charge in [-0.2, -0.15) is 21.1 Å². The fourth-order valence-corrected chi connectivity index (χ4v) is 6.72. The Morgan fingerprint density at radius 2 is 1.60 bits per heavy atom. The molecule has 0 aliphatic carbocycles. The second-order valence-corrected chi connectivity index (χ2v) is 14.1. The number of methoxy groups -OCH3 is 1. The summed E-state index contributed by atoms with van der Waals surface area (Å²) < 4.78 is 12.2. The molecule has 258 valence electrons. The van der Waals surface area contributed by atoms with Crippen molar-refractivity contribution < 1.29 is 28.7 Å². The molecule has 6 rings (SSSR count). The molecule has 50 heavy (non-hydrogen) atoms. The molecule has 3 amide bonds. The first-order valence-corrected chi connectivity index (χ1v) is 17.2. The van der Waals surface area contributed by atoms with Crippen LogP contribution in [0.5, 0.6) is 5.75 Å². The van der Waals surface area contributed by atoms with E-state index in [4.69, 9.17) is 9.47 Å². The first-order valence-electron chi connectivity index (χ1n) is 16.3. The molecule has 0 bridgehead atoms. The van der Waals surface area contributed by atoms with Crippen molar-refractivity contribution in [2.24, 2.45) is 5.92 Å². The standard InChI is InChI=1S/C38H39N5O6S/c1-23(2)39-34(44)33(24-15-17-26(48-6)18-16-24)42-32-14-10-9-13-31(32)41(25-19-20-50-22-25)35(45)28(36(42)46)21-29-27-11-7-8-12-30(27)43(40-29)37(47)49-38(3,4)5/h7-20,22-23,28,33H,21H2,1-6H3,(H,39,44). The number of carbonyl (C=O) groups excluding carboxylic acids is 4. The molecule has 0 fully saturated rings. The van der Waals surface area contributed by atoms with Gasteiger partial charge < -0.3 is 14.8 Å². The molecule has 0 radical (unpaired) electrons. The fourth-order valence-electron chi connectivity index (χ4n) is 6.10. The van der Waals surface area contributed by atoms with Crippen LogP contribution >= 0.6 is 11.3 Å². The number of anilines is 3. The number of thiophene rings is 1. The van der Waals surface area contributed by atoms with Crippen molar-refractivity contribution in [3.05, 3.63) is 101 Å². The second-order valence-electron chi connectivity index (χ2n) is 13.3. The van der Waals surface area contributed by atoms with E-state index in [0.29, 0.717) is 45.0 Å². The Morgan fingerprint density at radius 3 is 2.24 bits per heavy atom. The maximum Gasteiger partial charge on any atom is 0.435 e. The monoisotopic (exact) mass is 693 g/mol. The van der Waals surface area contributed by atoms with Gasteiger partial charge in [0.05, 0.1) is 35.4 Å². The van der Waals surface area contributed by atoms with E-state index in [1.165, 1.54) is 25.8 Å². The summed E-state index contributed by atoms with van der Waals surface area (Å²) in [7, 11) is 1.55. The smallest absolute Gasteiger partial charge is 0.435 e. The fraction of sp³-hybridized carbons (Fsp3) is 0.289. The number of ether oxygens (including phenoxy) is 2. The summed E-state index contributed by atoms with van der Waals surface area (Å²) in [4.78, 5) is 60.5. The lowest BCUT2D eigenvalue weighted by molar-refractivity contribution is -0.134. The van der Waals surface area contributed by atoms with Crippen molar-refractivity contribution in [1.29, 1.82) is 0 Å². The first-order chi connectivity index (χ1) is 23.9. The van der Waals surface area contributed by atoms with Gasteiger partial charge in [-0.05, 0) is 82.0 Å². The van der Waals surface area contributed by atoms with Crippen molar-refractivity contribution in [3.8, 4) is 5.75 Å². The lowest BCUT2D eigenvalue weighted by Gasteiger charge is -2.33. The highest BCUT2D eigenvalue weighted by Crippen LogP contribution is 2.44. The van der Waals surface area contributed by atoms with Gasteiger partial charge >= 0.3 is 6.09 Å². The van der Waals surface area contributed by atoms with Gasteiger partial charge in [-0.3, -0.25) is 24.2 Å². The first kappa shape index (κ1) is 34.4. The number of rotatable bonds is 8. The maximum atomic E-state index is 15.2. The summed E-state index contributed by atoms with van der Waals surface area (Å²) in [6, 6.07) is 21.6. The molecule has 3 heterocycles. The Labute approximate surface area is 294 Å². The molecular weight excluding hydrogens is 655 g/mol. The summed E-state index contributed by atoms with van der Waals surface area (Å²) >= 11 is 1.42. The van der Waals surface area contributed by atoms with Crippen LogP contribution in [-0.4, -0.2) is 52.3 Å². The molecule has 5 aromatic rings. The summed E-state index contributed by atoms with van der Waals surface area (Å²) in [5.74, 6) is -2.24. The summed E-state index contributed by atoms with van der Waals surface area (Å²) in [5, 5.41) is 11.9. The average Bonchev–Trinajstić information content (AvgIpc) is 3.72. The highest BCUT2D eigenvalue weighted by atomic mass is 32.1. The molecule has 3 aromatic carbocycles. The number of para-hydroxylation sites is 3. The lowest BCUT2D eigenvalue weighted by Crippen LogP contribution is -2.49. The number of amides is 3. The minimum Gasteiger partial charge on any atom is -0.497 e. The number of fused-ring (bicyclic) bond motifs is 2. The van der Waals surface area contributed by atoms with Crippen molar-refractivity contribution >= 4 is 63.1 Å². The zero-order valence-electron chi connectivity index (χ0n) is 28.7. The summed E-state index contributed by atoms with van der Waals surface area (Å²) in [6.07, 6.45) is -0.836. The van der Waals surface area contributed by atoms with Crippen molar-refractivity contribution in [3.63, 3.8) is 0 Å². The zero-order valence-corrected chi connectivity index (χ0v) is 29.6. The molecule has 11 nitrogen and oxygen atoms in total. The molecule has 1 N–H and O–H groups in total.